The highest BCUT2D eigenvalue weighted by atomic mass is 35.5. The van der Waals surface area contributed by atoms with Crippen LogP contribution in [0.25, 0.3) is 22.2 Å². The van der Waals surface area contributed by atoms with Crippen LogP contribution in [0.3, 0.4) is 0 Å². The number of rotatable bonds is 7. The highest BCUT2D eigenvalue weighted by Gasteiger charge is 2.34. The monoisotopic (exact) mass is 519 g/mol. The zero-order valence-corrected chi connectivity index (χ0v) is 19.9. The molecule has 4 aromatic rings. The molecule has 1 fully saturated rings. The number of hydrogen-bond donors (Lipinski definition) is 1. The van der Waals surface area contributed by atoms with E-state index in [2.05, 4.69) is 15.1 Å². The van der Waals surface area contributed by atoms with E-state index in [1.807, 2.05) is 0 Å². The van der Waals surface area contributed by atoms with E-state index in [1.165, 1.54) is 25.6 Å². The number of halogens is 3. The van der Waals surface area contributed by atoms with Crippen molar-refractivity contribution < 1.29 is 23.9 Å². The Balaban J connectivity index is 1.52. The second-order valence-electron chi connectivity index (χ2n) is 7.70. The largest absolute Gasteiger partial charge is 0.496 e. The van der Waals surface area contributed by atoms with Crippen molar-refractivity contribution in [3.8, 4) is 22.9 Å². The first-order valence-corrected chi connectivity index (χ1v) is 11.3. The van der Waals surface area contributed by atoms with Gasteiger partial charge >= 0.3 is 5.97 Å². The molecule has 1 aliphatic rings. The molecule has 34 heavy (non-hydrogen) atoms. The molecule has 8 nitrogen and oxygen atoms in total. The van der Waals surface area contributed by atoms with Crippen molar-refractivity contribution in [2.75, 3.05) is 7.11 Å². The maximum atomic E-state index is 11.8. The number of ether oxygens (including phenoxy) is 2. The van der Waals surface area contributed by atoms with Crippen LogP contribution >= 0.6 is 34.8 Å². The first-order chi connectivity index (χ1) is 16.4. The quantitative estimate of drug-likeness (QED) is 0.298. The number of aromatic nitrogens is 3. The third-order valence-corrected chi connectivity index (χ3v) is 6.39. The number of aromatic carboxylic acids is 1. The molecule has 0 saturated heterocycles. The molecule has 0 atom stereocenters. The van der Waals surface area contributed by atoms with Gasteiger partial charge in [0, 0.05) is 41.4 Å². The predicted molar refractivity (Wildman–Crippen MR) is 126 cm³/mol. The number of nitrogens with zero attached hydrogens (tertiary/aromatic N) is 3. The highest BCUT2D eigenvalue weighted by Crippen LogP contribution is 2.46. The molecule has 1 N–H and O–H groups in total. The molecule has 1 aliphatic carbocycles. The molecule has 0 unspecified atom stereocenters. The fourth-order valence-corrected chi connectivity index (χ4v) is 4.57. The van der Waals surface area contributed by atoms with Gasteiger partial charge in [-0.25, -0.2) is 9.78 Å². The van der Waals surface area contributed by atoms with Crippen molar-refractivity contribution in [3.05, 3.63) is 62.5 Å². The second kappa shape index (κ2) is 8.94. The summed E-state index contributed by atoms with van der Waals surface area (Å²) in [6.07, 6.45) is 4.95. The number of benzene rings is 1. The summed E-state index contributed by atoms with van der Waals surface area (Å²) in [5.74, 6) is 0.217. The van der Waals surface area contributed by atoms with Crippen molar-refractivity contribution in [3.63, 3.8) is 0 Å². The lowest BCUT2D eigenvalue weighted by Gasteiger charge is -2.12. The Labute approximate surface area is 208 Å². The van der Waals surface area contributed by atoms with E-state index in [4.69, 9.17) is 48.8 Å². The van der Waals surface area contributed by atoms with Crippen LogP contribution in [0.1, 0.15) is 40.4 Å². The van der Waals surface area contributed by atoms with E-state index in [9.17, 15) is 9.90 Å². The summed E-state index contributed by atoms with van der Waals surface area (Å²) in [6, 6.07) is 4.57. The van der Waals surface area contributed by atoms with Gasteiger partial charge in [-0.1, -0.05) is 40.0 Å². The van der Waals surface area contributed by atoms with Gasteiger partial charge in [-0.15, -0.1) is 0 Å². The van der Waals surface area contributed by atoms with Crippen LogP contribution in [0.2, 0.25) is 15.1 Å². The lowest BCUT2D eigenvalue weighted by atomic mass is 10.1. The van der Waals surface area contributed by atoms with Crippen molar-refractivity contribution >= 4 is 51.7 Å². The normalized spacial score (nSPS) is 13.3. The van der Waals surface area contributed by atoms with Gasteiger partial charge < -0.3 is 19.1 Å². The molecular weight excluding hydrogens is 505 g/mol. The molecular formula is C23H16Cl3N3O5. The van der Waals surface area contributed by atoms with E-state index in [-0.39, 0.29) is 40.3 Å². The molecule has 11 heteroatoms. The fraction of sp³-hybridized carbons (Fsp3) is 0.217. The van der Waals surface area contributed by atoms with Gasteiger partial charge in [-0.3, -0.25) is 4.98 Å². The fourth-order valence-electron chi connectivity index (χ4n) is 3.78. The highest BCUT2D eigenvalue weighted by molar-refractivity contribution is 6.39. The Morgan fingerprint density at radius 1 is 1.18 bits per heavy atom. The molecule has 0 radical (unpaired) electrons. The van der Waals surface area contributed by atoms with Gasteiger partial charge in [0.05, 0.1) is 33.3 Å². The van der Waals surface area contributed by atoms with E-state index >= 15 is 0 Å². The van der Waals surface area contributed by atoms with Crippen LogP contribution < -0.4 is 9.47 Å². The maximum Gasteiger partial charge on any atom is 0.340 e. The summed E-state index contributed by atoms with van der Waals surface area (Å²) in [5.41, 5.74) is 1.97. The predicted octanol–water partition coefficient (Wildman–Crippen LogP) is 6.41. The van der Waals surface area contributed by atoms with Gasteiger partial charge in [0.2, 0.25) is 5.88 Å². The molecule has 174 valence electrons. The van der Waals surface area contributed by atoms with E-state index in [0.717, 1.165) is 18.6 Å². The minimum Gasteiger partial charge on any atom is -0.496 e. The number of fused-ring (bicyclic) bond motifs is 1. The van der Waals surface area contributed by atoms with Crippen molar-refractivity contribution in [1.82, 2.24) is 15.1 Å². The molecule has 0 amide bonds. The Kier molecular flexibility index (Phi) is 5.97. The number of methoxy groups -OCH3 is 1. The number of carboxylic acid groups (broad SMARTS) is 1. The van der Waals surface area contributed by atoms with Crippen LogP contribution in [0.15, 0.2) is 35.1 Å². The standard InChI is InChI=1S/C23H16Cl3N3O5/c1-32-16-6-13(24)20-11(18(16)23(30)31)4-5-17(28-20)33-9-12-21(29-34-22(12)10-2-3-10)19-14(25)7-27-8-15(19)26/h4-8,10H,2-3,9H2,1H3,(H,30,31). The Hall–Kier alpha value is -3.07. The molecule has 1 saturated carbocycles. The minimum atomic E-state index is -1.15. The minimum absolute atomic E-state index is 0.0275. The molecule has 0 spiro atoms. The first kappa shape index (κ1) is 22.7. The number of hydrogen-bond acceptors (Lipinski definition) is 7. The third-order valence-electron chi connectivity index (χ3n) is 5.52. The van der Waals surface area contributed by atoms with Crippen LogP contribution in [0.5, 0.6) is 11.6 Å². The summed E-state index contributed by atoms with van der Waals surface area (Å²) in [4.78, 5) is 20.2. The number of carboxylic acids is 1. The van der Waals surface area contributed by atoms with Crippen LogP contribution in [0, 0.1) is 0 Å². The van der Waals surface area contributed by atoms with Crippen LogP contribution in [-0.2, 0) is 6.61 Å². The maximum absolute atomic E-state index is 11.8. The van der Waals surface area contributed by atoms with E-state index in [1.54, 1.807) is 12.1 Å². The van der Waals surface area contributed by atoms with Gasteiger partial charge in [0.15, 0.2) is 0 Å². The zero-order chi connectivity index (χ0) is 24.0. The van der Waals surface area contributed by atoms with E-state index < -0.39 is 5.97 Å². The van der Waals surface area contributed by atoms with Crippen LogP contribution in [-0.4, -0.2) is 33.3 Å². The molecule has 0 aliphatic heterocycles. The Morgan fingerprint density at radius 2 is 1.91 bits per heavy atom. The molecule has 3 heterocycles. The Morgan fingerprint density at radius 3 is 2.56 bits per heavy atom. The number of carbonyl (C=O) groups is 1. The summed E-state index contributed by atoms with van der Waals surface area (Å²) in [6.45, 7) is 0.0811. The molecule has 1 aromatic carbocycles. The molecule has 3 aromatic heterocycles. The zero-order valence-electron chi connectivity index (χ0n) is 17.6. The third kappa shape index (κ3) is 4.02. The van der Waals surface area contributed by atoms with Crippen molar-refractivity contribution in [2.45, 2.75) is 25.4 Å². The topological polar surface area (TPSA) is 108 Å². The van der Waals surface area contributed by atoms with Gasteiger partial charge in [0.1, 0.15) is 29.4 Å². The van der Waals surface area contributed by atoms with Gasteiger partial charge in [0.25, 0.3) is 0 Å². The van der Waals surface area contributed by atoms with Crippen molar-refractivity contribution in [2.24, 2.45) is 0 Å². The number of pyridine rings is 2. The Bertz CT molecular complexity index is 1420. The average molecular weight is 521 g/mol. The lowest BCUT2D eigenvalue weighted by molar-refractivity contribution is 0.0695. The van der Waals surface area contributed by atoms with Gasteiger partial charge in [-0.05, 0) is 18.9 Å². The van der Waals surface area contributed by atoms with Gasteiger partial charge in [-0.2, -0.15) is 0 Å². The van der Waals surface area contributed by atoms with Crippen LogP contribution in [0.4, 0.5) is 0 Å². The lowest BCUT2D eigenvalue weighted by Crippen LogP contribution is -2.04. The summed E-state index contributed by atoms with van der Waals surface area (Å²) >= 11 is 19.1. The first-order valence-electron chi connectivity index (χ1n) is 10.2. The van der Waals surface area contributed by atoms with Crippen molar-refractivity contribution in [1.29, 1.82) is 0 Å². The summed E-state index contributed by atoms with van der Waals surface area (Å²) < 4.78 is 16.8. The molecule has 5 rings (SSSR count). The summed E-state index contributed by atoms with van der Waals surface area (Å²) in [7, 11) is 1.38. The smallest absolute Gasteiger partial charge is 0.340 e. The van der Waals surface area contributed by atoms with E-state index in [0.29, 0.717) is 32.3 Å². The second-order valence-corrected chi connectivity index (χ2v) is 8.92. The average Bonchev–Trinajstić information content (AvgIpc) is 3.57. The summed E-state index contributed by atoms with van der Waals surface area (Å²) in [5, 5.41) is 15.1. The SMILES string of the molecule is COc1cc(Cl)c2nc(OCc3c(-c4c(Cl)cncc4Cl)noc3C3CC3)ccc2c1C(=O)O. The molecule has 0 bridgehead atoms.